The summed E-state index contributed by atoms with van der Waals surface area (Å²) in [6.45, 7) is 3.13. The number of hydrogen-bond donors (Lipinski definition) is 2. The summed E-state index contributed by atoms with van der Waals surface area (Å²) in [5.41, 5.74) is 0.979. The number of phenolic OH excluding ortho intramolecular Hbond substituents is 1. The number of carbonyl (C=O) groups is 2. The smallest absolute Gasteiger partial charge is 0.415 e. The van der Waals surface area contributed by atoms with E-state index in [1.807, 2.05) is 6.92 Å². The number of nitrogens with zero attached hydrogens (tertiary/aromatic N) is 2. The van der Waals surface area contributed by atoms with Crippen molar-refractivity contribution >= 4 is 52.3 Å². The van der Waals surface area contributed by atoms with E-state index in [-0.39, 0.29) is 29.4 Å². The molecule has 4 aromatic rings. The van der Waals surface area contributed by atoms with E-state index in [0.717, 1.165) is 29.2 Å². The molecule has 1 saturated heterocycles. The topological polar surface area (TPSA) is 119 Å². The Balaban J connectivity index is 1.40. The van der Waals surface area contributed by atoms with Crippen molar-refractivity contribution in [1.29, 1.82) is 0 Å². The number of halogens is 3. The van der Waals surface area contributed by atoms with Gasteiger partial charge in [-0.25, -0.2) is 14.0 Å². The minimum atomic E-state index is -0.966. The van der Waals surface area contributed by atoms with E-state index < -0.39 is 35.8 Å². The van der Waals surface area contributed by atoms with Crippen LogP contribution in [0.15, 0.2) is 60.9 Å². The highest BCUT2D eigenvalue weighted by atomic mass is 35.5. The third kappa shape index (κ3) is 8.12. The number of ether oxygens (including phenoxy) is 4. The van der Waals surface area contributed by atoms with Crippen LogP contribution in [0.5, 0.6) is 17.2 Å². The van der Waals surface area contributed by atoms with Crippen molar-refractivity contribution in [2.24, 2.45) is 5.92 Å². The molecule has 0 saturated carbocycles. The zero-order chi connectivity index (χ0) is 34.4. The van der Waals surface area contributed by atoms with Crippen LogP contribution in [0.1, 0.15) is 45.1 Å². The van der Waals surface area contributed by atoms with Gasteiger partial charge in [0.25, 0.3) is 0 Å². The van der Waals surface area contributed by atoms with Crippen molar-refractivity contribution in [2.75, 3.05) is 32.2 Å². The summed E-state index contributed by atoms with van der Waals surface area (Å²) in [5.74, 6) is -1.19. The van der Waals surface area contributed by atoms with Gasteiger partial charge in [-0.1, -0.05) is 42.3 Å². The predicted molar refractivity (Wildman–Crippen MR) is 181 cm³/mol. The Labute approximate surface area is 291 Å². The van der Waals surface area contributed by atoms with Crippen LogP contribution in [0.3, 0.4) is 0 Å². The van der Waals surface area contributed by atoms with Crippen molar-refractivity contribution in [1.82, 2.24) is 10.3 Å². The second-order valence-corrected chi connectivity index (χ2v) is 13.1. The van der Waals surface area contributed by atoms with Crippen LogP contribution in [-0.2, 0) is 22.4 Å². The number of anilines is 1. The first-order valence-corrected chi connectivity index (χ1v) is 16.6. The fourth-order valence-corrected chi connectivity index (χ4v) is 6.69. The maximum absolute atomic E-state index is 15.1. The molecule has 0 bridgehead atoms. The Morgan fingerprint density at radius 3 is 2.56 bits per heavy atom. The molecule has 1 fully saturated rings. The fraction of sp³-hybridized carbons (Fsp3) is 0.324. The molecule has 2 N–H and O–H groups in total. The van der Waals surface area contributed by atoms with Crippen molar-refractivity contribution in [3.8, 4) is 17.2 Å². The summed E-state index contributed by atoms with van der Waals surface area (Å²) in [6.07, 6.45) is 1.82. The molecule has 48 heavy (non-hydrogen) atoms. The molecule has 14 heteroatoms. The first-order chi connectivity index (χ1) is 23.1. The van der Waals surface area contributed by atoms with Crippen LogP contribution in [0.4, 0.5) is 14.9 Å². The van der Waals surface area contributed by atoms with E-state index in [1.165, 1.54) is 44.8 Å². The third-order valence-electron chi connectivity index (χ3n) is 8.03. The summed E-state index contributed by atoms with van der Waals surface area (Å²) in [5, 5.41) is 13.9. The van der Waals surface area contributed by atoms with Crippen molar-refractivity contribution in [3.05, 3.63) is 97.7 Å². The summed E-state index contributed by atoms with van der Waals surface area (Å²) in [6, 6.07) is 12.4. The van der Waals surface area contributed by atoms with E-state index in [2.05, 4.69) is 10.3 Å². The van der Waals surface area contributed by atoms with Crippen LogP contribution >= 0.6 is 34.5 Å². The van der Waals surface area contributed by atoms with Crippen molar-refractivity contribution in [3.63, 3.8) is 0 Å². The number of methoxy groups -OCH3 is 2. The van der Waals surface area contributed by atoms with Gasteiger partial charge >= 0.3 is 12.1 Å². The fourth-order valence-electron chi connectivity index (χ4n) is 5.29. The molecule has 1 aliphatic rings. The Morgan fingerprint density at radius 2 is 1.85 bits per heavy atom. The molecule has 254 valence electrons. The monoisotopic (exact) mass is 717 g/mol. The van der Waals surface area contributed by atoms with Gasteiger partial charge in [0.1, 0.15) is 17.1 Å². The molecule has 0 aliphatic carbocycles. The van der Waals surface area contributed by atoms with Gasteiger partial charge < -0.3 is 29.4 Å². The number of pyridine rings is 1. The Morgan fingerprint density at radius 1 is 1.10 bits per heavy atom. The summed E-state index contributed by atoms with van der Waals surface area (Å²) in [4.78, 5) is 33.0. The molecular formula is C34H34Cl2FN3O7S. The highest BCUT2D eigenvalue weighted by Crippen LogP contribution is 2.36. The lowest BCUT2D eigenvalue weighted by atomic mass is 9.97. The zero-order valence-electron chi connectivity index (χ0n) is 26.4. The highest BCUT2D eigenvalue weighted by Gasteiger charge is 2.30. The Kier molecular flexibility index (Phi) is 11.6. The van der Waals surface area contributed by atoms with E-state index in [4.69, 9.17) is 42.1 Å². The molecule has 3 atom stereocenters. The van der Waals surface area contributed by atoms with Crippen molar-refractivity contribution in [2.45, 2.75) is 38.5 Å². The molecule has 2 aromatic carbocycles. The molecular weight excluding hydrogens is 684 g/mol. The number of carbonyl (C=O) groups excluding carboxylic acids is 2. The Bertz CT molecular complexity index is 1750. The van der Waals surface area contributed by atoms with Gasteiger partial charge in [-0.15, -0.1) is 11.3 Å². The molecule has 2 aromatic heterocycles. The number of phenols is 1. The molecule has 0 spiro atoms. The summed E-state index contributed by atoms with van der Waals surface area (Å²) in [7, 11) is 3.02. The molecule has 3 heterocycles. The minimum absolute atomic E-state index is 0.102. The van der Waals surface area contributed by atoms with E-state index in [9.17, 15) is 14.7 Å². The number of piperidine rings is 1. The van der Waals surface area contributed by atoms with Crippen LogP contribution in [-0.4, -0.2) is 55.6 Å². The van der Waals surface area contributed by atoms with Crippen LogP contribution in [0.25, 0.3) is 0 Å². The second-order valence-electron chi connectivity index (χ2n) is 11.1. The van der Waals surface area contributed by atoms with E-state index >= 15 is 4.39 Å². The normalized spacial score (nSPS) is 16.5. The van der Waals surface area contributed by atoms with Gasteiger partial charge in [-0.05, 0) is 66.4 Å². The highest BCUT2D eigenvalue weighted by molar-refractivity contribution is 7.14. The van der Waals surface area contributed by atoms with Gasteiger partial charge in [0.2, 0.25) is 0 Å². The maximum atomic E-state index is 15.1. The molecule has 1 unspecified atom stereocenters. The van der Waals surface area contributed by atoms with E-state index in [0.29, 0.717) is 44.1 Å². The van der Waals surface area contributed by atoms with Crippen LogP contribution in [0, 0.1) is 11.7 Å². The third-order valence-corrected chi connectivity index (χ3v) is 9.73. The average Bonchev–Trinajstić information content (AvgIpc) is 3.56. The lowest BCUT2D eigenvalue weighted by Gasteiger charge is -2.31. The molecule has 10 nitrogen and oxygen atoms in total. The second kappa shape index (κ2) is 15.9. The van der Waals surface area contributed by atoms with Gasteiger partial charge in [0.15, 0.2) is 23.1 Å². The molecule has 1 amide bonds. The number of esters is 1. The van der Waals surface area contributed by atoms with E-state index in [1.54, 1.807) is 30.3 Å². The molecule has 0 radical (unpaired) electrons. The zero-order valence-corrected chi connectivity index (χ0v) is 28.7. The predicted octanol–water partition coefficient (Wildman–Crippen LogP) is 7.59. The number of rotatable bonds is 11. The lowest BCUT2D eigenvalue weighted by Crippen LogP contribution is -2.45. The van der Waals surface area contributed by atoms with Gasteiger partial charge in [-0.3, -0.25) is 9.88 Å². The standard InChI is InChI=1S/C34H34Cl2FN3O7S/c1-19-11-12-38-17-30(19)47-34(43)40(25-5-4-6-26(41)32(25)37)18-21-8-10-31(48-21)33(42)46-28(14-22-23(35)15-39-16-24(22)36)20-7-9-27(44-2)29(13-20)45-3/h4-10,13,15-16,19,28,30,38,41H,11-12,14,17-18H2,1-3H3/t19?,28-,30-/m0/s1. The SMILES string of the molecule is COc1ccc([C@H](Cc2c(Cl)cncc2Cl)OC(=O)c2ccc(CN(C(=O)O[C@H]3CNCCC3C)c3cccc(O)c3F)s2)cc1OC. The van der Waals surface area contributed by atoms with Gasteiger partial charge in [-0.2, -0.15) is 0 Å². The minimum Gasteiger partial charge on any atom is -0.505 e. The maximum Gasteiger partial charge on any atom is 0.415 e. The lowest BCUT2D eigenvalue weighted by molar-refractivity contribution is 0.0302. The number of aromatic nitrogens is 1. The molecule has 1 aliphatic heterocycles. The van der Waals surface area contributed by atoms with Gasteiger partial charge in [0, 0.05) is 30.2 Å². The summed E-state index contributed by atoms with van der Waals surface area (Å²) < 4.78 is 37.8. The number of aromatic hydroxyl groups is 1. The largest absolute Gasteiger partial charge is 0.505 e. The number of hydrogen-bond acceptors (Lipinski definition) is 10. The Hall–Kier alpha value is -4.10. The number of nitrogens with one attached hydrogen (secondary N) is 1. The first kappa shape index (κ1) is 35.2. The number of thiophene rings is 1. The first-order valence-electron chi connectivity index (χ1n) is 15.0. The number of benzene rings is 2. The summed E-state index contributed by atoms with van der Waals surface area (Å²) >= 11 is 13.9. The quantitative estimate of drug-likeness (QED) is 0.151. The van der Waals surface area contributed by atoms with Crippen molar-refractivity contribution < 1.29 is 38.0 Å². The van der Waals surface area contributed by atoms with Crippen LogP contribution < -0.4 is 19.7 Å². The van der Waals surface area contributed by atoms with Gasteiger partial charge in [0.05, 0.1) is 36.5 Å². The average molecular weight is 719 g/mol. The van der Waals surface area contributed by atoms with Crippen LogP contribution in [0.2, 0.25) is 10.0 Å². The molecule has 5 rings (SSSR count). The number of amides is 1.